The summed E-state index contributed by atoms with van der Waals surface area (Å²) >= 11 is 3.32. The Morgan fingerprint density at radius 1 is 1.40 bits per heavy atom. The Morgan fingerprint density at radius 3 is 2.70 bits per heavy atom. The molecule has 0 saturated heterocycles. The van der Waals surface area contributed by atoms with Crippen LogP contribution in [0.5, 0.6) is 0 Å². The van der Waals surface area contributed by atoms with Gasteiger partial charge in [0.2, 0.25) is 10.0 Å². The highest BCUT2D eigenvalue weighted by molar-refractivity contribution is 9.10. The Morgan fingerprint density at radius 2 is 2.10 bits per heavy atom. The van der Waals surface area contributed by atoms with Crippen molar-refractivity contribution in [3.8, 4) is 0 Å². The lowest BCUT2D eigenvalue weighted by Crippen LogP contribution is -2.29. The minimum atomic E-state index is -3.49. The van der Waals surface area contributed by atoms with E-state index in [0.717, 1.165) is 5.56 Å². The predicted octanol–water partition coefficient (Wildman–Crippen LogP) is 1.83. The fourth-order valence-corrected chi connectivity index (χ4v) is 3.96. The third kappa shape index (κ3) is 4.53. The van der Waals surface area contributed by atoms with Crippen LogP contribution in [-0.2, 0) is 21.3 Å². The normalized spacial score (nSPS) is 12.1. The molecule has 1 aromatic rings. The van der Waals surface area contributed by atoms with E-state index in [0.29, 0.717) is 35.5 Å². The van der Waals surface area contributed by atoms with Crippen molar-refractivity contribution in [1.82, 2.24) is 9.62 Å². The molecule has 0 spiro atoms. The molecule has 0 aliphatic heterocycles. The highest BCUT2D eigenvalue weighted by Crippen LogP contribution is 2.25. The predicted molar refractivity (Wildman–Crippen MR) is 83.2 cm³/mol. The van der Waals surface area contributed by atoms with Crippen molar-refractivity contribution >= 4 is 26.0 Å². The summed E-state index contributed by atoms with van der Waals surface area (Å²) in [6.45, 7) is 1.60. The molecule has 0 aliphatic rings. The molecule has 1 rings (SSSR count). The second-order valence-corrected chi connectivity index (χ2v) is 7.34. The van der Waals surface area contributed by atoms with Crippen LogP contribution in [0.1, 0.15) is 12.0 Å². The number of hydrogen-bond acceptors (Lipinski definition) is 4. The first-order valence-corrected chi connectivity index (χ1v) is 8.55. The Balaban J connectivity index is 2.98. The van der Waals surface area contributed by atoms with Crippen molar-refractivity contribution in [1.29, 1.82) is 0 Å². The molecule has 0 aliphatic carbocycles. The van der Waals surface area contributed by atoms with E-state index in [1.807, 2.05) is 13.1 Å². The number of hydrogen-bond donors (Lipinski definition) is 1. The van der Waals surface area contributed by atoms with E-state index in [2.05, 4.69) is 21.2 Å². The molecule has 0 heterocycles. The molecule has 0 radical (unpaired) electrons. The Bertz CT molecular complexity index is 534. The summed E-state index contributed by atoms with van der Waals surface area (Å²) < 4.78 is 32.0. The summed E-state index contributed by atoms with van der Waals surface area (Å²) in [5.41, 5.74) is 0.930. The zero-order chi connectivity index (χ0) is 15.2. The number of nitrogens with one attached hydrogen (secondary N) is 1. The van der Waals surface area contributed by atoms with Gasteiger partial charge in [0.05, 0.1) is 4.90 Å². The van der Waals surface area contributed by atoms with E-state index >= 15 is 0 Å². The zero-order valence-corrected chi connectivity index (χ0v) is 14.4. The van der Waals surface area contributed by atoms with Crippen molar-refractivity contribution in [2.24, 2.45) is 0 Å². The van der Waals surface area contributed by atoms with Crippen molar-refractivity contribution in [3.63, 3.8) is 0 Å². The SMILES string of the molecule is CNCc1ccc(Br)c(S(=O)(=O)N(C)CCCOC)c1. The van der Waals surface area contributed by atoms with Gasteiger partial charge in [-0.25, -0.2) is 12.7 Å². The monoisotopic (exact) mass is 364 g/mol. The first kappa shape index (κ1) is 17.6. The number of rotatable bonds is 8. The number of nitrogens with zero attached hydrogens (tertiary/aromatic N) is 1. The van der Waals surface area contributed by atoms with Crippen LogP contribution in [-0.4, -0.2) is 47.1 Å². The topological polar surface area (TPSA) is 58.6 Å². The van der Waals surface area contributed by atoms with Gasteiger partial charge in [-0.3, -0.25) is 0 Å². The van der Waals surface area contributed by atoms with Crippen molar-refractivity contribution < 1.29 is 13.2 Å². The number of halogens is 1. The first-order chi connectivity index (χ1) is 9.43. The third-order valence-electron chi connectivity index (χ3n) is 2.89. The molecule has 0 fully saturated rings. The van der Waals surface area contributed by atoms with Crippen LogP contribution in [0, 0.1) is 0 Å². The van der Waals surface area contributed by atoms with E-state index in [1.165, 1.54) is 4.31 Å². The lowest BCUT2D eigenvalue weighted by atomic mass is 10.2. The molecule has 7 heteroatoms. The Labute approximate surface area is 129 Å². The Kier molecular flexibility index (Phi) is 7.11. The highest BCUT2D eigenvalue weighted by atomic mass is 79.9. The molecular formula is C13H21BrN2O3S. The molecule has 0 amide bonds. The largest absolute Gasteiger partial charge is 0.385 e. The van der Waals surface area contributed by atoms with Crippen LogP contribution in [0.3, 0.4) is 0 Å². The molecule has 0 saturated carbocycles. The van der Waals surface area contributed by atoms with Gasteiger partial charge >= 0.3 is 0 Å². The van der Waals surface area contributed by atoms with E-state index in [1.54, 1.807) is 26.3 Å². The summed E-state index contributed by atoms with van der Waals surface area (Å²) in [5.74, 6) is 0. The Hall–Kier alpha value is -0.470. The standard InChI is InChI=1S/C13H21BrN2O3S/c1-15-10-11-5-6-12(14)13(9-11)20(17,18)16(2)7-4-8-19-3/h5-6,9,15H,4,7-8,10H2,1-3H3. The van der Waals surface area contributed by atoms with E-state index < -0.39 is 10.0 Å². The second kappa shape index (κ2) is 8.09. The average Bonchev–Trinajstić information content (AvgIpc) is 2.41. The molecule has 0 bridgehead atoms. The van der Waals surface area contributed by atoms with E-state index in [4.69, 9.17) is 4.74 Å². The van der Waals surface area contributed by atoms with Gasteiger partial charge in [0.1, 0.15) is 0 Å². The highest BCUT2D eigenvalue weighted by Gasteiger charge is 2.23. The van der Waals surface area contributed by atoms with Gasteiger partial charge in [-0.05, 0) is 47.1 Å². The lowest BCUT2D eigenvalue weighted by molar-refractivity contribution is 0.189. The number of methoxy groups -OCH3 is 1. The van der Waals surface area contributed by atoms with Crippen LogP contribution >= 0.6 is 15.9 Å². The fourth-order valence-electron chi connectivity index (χ4n) is 1.78. The van der Waals surface area contributed by atoms with Gasteiger partial charge < -0.3 is 10.1 Å². The van der Waals surface area contributed by atoms with Crippen LogP contribution in [0.4, 0.5) is 0 Å². The maximum absolute atomic E-state index is 12.5. The van der Waals surface area contributed by atoms with E-state index in [9.17, 15) is 8.42 Å². The summed E-state index contributed by atoms with van der Waals surface area (Å²) in [7, 11) is 1.53. The van der Waals surface area contributed by atoms with Crippen molar-refractivity contribution in [2.45, 2.75) is 17.9 Å². The van der Waals surface area contributed by atoms with Crippen molar-refractivity contribution in [2.75, 3.05) is 34.4 Å². The van der Waals surface area contributed by atoms with Gasteiger partial charge in [-0.15, -0.1) is 0 Å². The first-order valence-electron chi connectivity index (χ1n) is 6.31. The summed E-state index contributed by atoms with van der Waals surface area (Å²) in [5, 5.41) is 3.01. The quantitative estimate of drug-likeness (QED) is 0.714. The molecule has 114 valence electrons. The molecule has 0 aromatic heterocycles. The van der Waals surface area contributed by atoms with E-state index in [-0.39, 0.29) is 0 Å². The minimum absolute atomic E-state index is 0.296. The number of sulfonamides is 1. The zero-order valence-electron chi connectivity index (χ0n) is 12.0. The summed E-state index contributed by atoms with van der Waals surface area (Å²) in [6, 6.07) is 5.36. The second-order valence-electron chi connectivity index (χ2n) is 4.47. The molecule has 20 heavy (non-hydrogen) atoms. The van der Waals surface area contributed by atoms with Crippen LogP contribution < -0.4 is 5.32 Å². The molecule has 5 nitrogen and oxygen atoms in total. The molecule has 1 aromatic carbocycles. The van der Waals surface area contributed by atoms with Crippen LogP contribution in [0.15, 0.2) is 27.6 Å². The van der Waals surface area contributed by atoms with Crippen LogP contribution in [0.2, 0.25) is 0 Å². The lowest BCUT2D eigenvalue weighted by Gasteiger charge is -2.18. The molecule has 1 N–H and O–H groups in total. The maximum atomic E-state index is 12.5. The van der Waals surface area contributed by atoms with Gasteiger partial charge in [0, 0.05) is 38.3 Å². The third-order valence-corrected chi connectivity index (χ3v) is 5.74. The van der Waals surface area contributed by atoms with Gasteiger partial charge in [0.15, 0.2) is 0 Å². The summed E-state index contributed by atoms with van der Waals surface area (Å²) in [6.07, 6.45) is 0.667. The molecule has 0 unspecified atom stereocenters. The van der Waals surface area contributed by atoms with Crippen LogP contribution in [0.25, 0.3) is 0 Å². The number of benzene rings is 1. The molecular weight excluding hydrogens is 344 g/mol. The average molecular weight is 365 g/mol. The van der Waals surface area contributed by atoms with Gasteiger partial charge in [0.25, 0.3) is 0 Å². The molecule has 0 atom stereocenters. The van der Waals surface area contributed by atoms with Crippen molar-refractivity contribution in [3.05, 3.63) is 28.2 Å². The minimum Gasteiger partial charge on any atom is -0.385 e. The maximum Gasteiger partial charge on any atom is 0.243 e. The summed E-state index contributed by atoms with van der Waals surface area (Å²) in [4.78, 5) is 0.296. The fraction of sp³-hybridized carbons (Fsp3) is 0.538. The smallest absolute Gasteiger partial charge is 0.243 e. The van der Waals surface area contributed by atoms with Gasteiger partial charge in [-0.2, -0.15) is 0 Å². The van der Waals surface area contributed by atoms with Gasteiger partial charge in [-0.1, -0.05) is 6.07 Å². The number of ether oxygens (including phenoxy) is 1.